The van der Waals surface area contributed by atoms with E-state index < -0.39 is 0 Å². The van der Waals surface area contributed by atoms with E-state index in [1.54, 1.807) is 11.9 Å². The molecular weight excluding hydrogens is 288 g/mol. The van der Waals surface area contributed by atoms with Gasteiger partial charge in [0.15, 0.2) is 0 Å². The van der Waals surface area contributed by atoms with Gasteiger partial charge in [0, 0.05) is 25.2 Å². The molecule has 3 rings (SSSR count). The van der Waals surface area contributed by atoms with Crippen molar-refractivity contribution in [2.75, 3.05) is 12.4 Å². The van der Waals surface area contributed by atoms with Gasteiger partial charge in [-0.1, -0.05) is 36.4 Å². The Labute approximate surface area is 135 Å². The third-order valence-corrected chi connectivity index (χ3v) is 3.80. The average molecular weight is 308 g/mol. The van der Waals surface area contributed by atoms with Crippen molar-refractivity contribution in [1.82, 2.24) is 14.7 Å². The van der Waals surface area contributed by atoms with Crippen LogP contribution in [0.3, 0.4) is 0 Å². The Hall–Kier alpha value is -2.82. The van der Waals surface area contributed by atoms with Gasteiger partial charge < -0.3 is 10.2 Å². The lowest BCUT2D eigenvalue weighted by Crippen LogP contribution is -2.31. The lowest BCUT2D eigenvalue weighted by atomic mass is 10.1. The highest BCUT2D eigenvalue weighted by molar-refractivity contribution is 6.01. The van der Waals surface area contributed by atoms with Crippen LogP contribution in [0, 0.1) is 0 Å². The number of amides is 2. The van der Waals surface area contributed by atoms with Gasteiger partial charge in [-0.05, 0) is 24.4 Å². The monoisotopic (exact) mass is 308 g/mol. The summed E-state index contributed by atoms with van der Waals surface area (Å²) in [7, 11) is 1.77. The largest absolute Gasteiger partial charge is 0.322 e. The molecule has 1 N–H and O–H groups in total. The van der Waals surface area contributed by atoms with Gasteiger partial charge >= 0.3 is 6.03 Å². The highest BCUT2D eigenvalue weighted by Gasteiger charge is 2.12. The van der Waals surface area contributed by atoms with E-state index in [2.05, 4.69) is 10.4 Å². The molecule has 0 spiro atoms. The van der Waals surface area contributed by atoms with Crippen LogP contribution in [0.5, 0.6) is 0 Å². The maximum Gasteiger partial charge on any atom is 0.321 e. The topological polar surface area (TPSA) is 50.2 Å². The fourth-order valence-electron chi connectivity index (χ4n) is 2.52. The number of aromatic nitrogens is 2. The molecule has 0 radical (unpaired) electrons. The number of urea groups is 1. The SMILES string of the molecule is CCn1ccc(CN(C)C(=O)Nc2cccc3ccccc23)n1. The van der Waals surface area contributed by atoms with Crippen LogP contribution in [0.15, 0.2) is 54.7 Å². The summed E-state index contributed by atoms with van der Waals surface area (Å²) >= 11 is 0. The summed E-state index contributed by atoms with van der Waals surface area (Å²) in [6, 6.07) is 15.7. The van der Waals surface area contributed by atoms with E-state index in [0.29, 0.717) is 6.54 Å². The number of carbonyl (C=O) groups is 1. The van der Waals surface area contributed by atoms with Crippen LogP contribution in [0.2, 0.25) is 0 Å². The Morgan fingerprint density at radius 1 is 1.17 bits per heavy atom. The normalized spacial score (nSPS) is 10.7. The van der Waals surface area contributed by atoms with E-state index in [4.69, 9.17) is 0 Å². The van der Waals surface area contributed by atoms with Gasteiger partial charge in [-0.25, -0.2) is 4.79 Å². The van der Waals surface area contributed by atoms with Gasteiger partial charge in [-0.2, -0.15) is 5.10 Å². The van der Waals surface area contributed by atoms with E-state index in [1.807, 2.05) is 66.3 Å². The molecular formula is C18H20N4O. The van der Waals surface area contributed by atoms with E-state index in [1.165, 1.54) is 0 Å². The number of rotatable bonds is 4. The van der Waals surface area contributed by atoms with Crippen molar-refractivity contribution < 1.29 is 4.79 Å². The Morgan fingerprint density at radius 2 is 1.96 bits per heavy atom. The first-order valence-corrected chi connectivity index (χ1v) is 7.69. The van der Waals surface area contributed by atoms with Crippen molar-refractivity contribution in [2.45, 2.75) is 20.0 Å². The van der Waals surface area contributed by atoms with E-state index in [-0.39, 0.29) is 6.03 Å². The first-order chi connectivity index (χ1) is 11.2. The van der Waals surface area contributed by atoms with E-state index in [0.717, 1.165) is 28.7 Å². The van der Waals surface area contributed by atoms with Crippen LogP contribution in [-0.4, -0.2) is 27.8 Å². The van der Waals surface area contributed by atoms with Crippen LogP contribution < -0.4 is 5.32 Å². The van der Waals surface area contributed by atoms with Crippen molar-refractivity contribution in [2.24, 2.45) is 0 Å². The Morgan fingerprint density at radius 3 is 2.74 bits per heavy atom. The molecule has 2 aromatic carbocycles. The minimum absolute atomic E-state index is 0.146. The molecule has 0 aliphatic heterocycles. The zero-order chi connectivity index (χ0) is 16.2. The first-order valence-electron chi connectivity index (χ1n) is 7.69. The fraction of sp³-hybridized carbons (Fsp3) is 0.222. The maximum absolute atomic E-state index is 12.4. The predicted molar refractivity (Wildman–Crippen MR) is 92.3 cm³/mol. The third kappa shape index (κ3) is 3.34. The number of hydrogen-bond donors (Lipinski definition) is 1. The lowest BCUT2D eigenvalue weighted by Gasteiger charge is -2.17. The Bertz CT molecular complexity index is 819. The van der Waals surface area contributed by atoms with Crippen molar-refractivity contribution in [3.8, 4) is 0 Å². The second kappa shape index (κ2) is 6.52. The molecule has 0 saturated carbocycles. The molecule has 2 amide bonds. The van der Waals surface area contributed by atoms with Crippen LogP contribution in [-0.2, 0) is 13.1 Å². The molecule has 1 aromatic heterocycles. The molecule has 3 aromatic rings. The Kier molecular flexibility index (Phi) is 4.28. The number of nitrogens with one attached hydrogen (secondary N) is 1. The predicted octanol–water partition coefficient (Wildman–Crippen LogP) is 3.72. The first kappa shape index (κ1) is 15.1. The summed E-state index contributed by atoms with van der Waals surface area (Å²) < 4.78 is 1.85. The van der Waals surface area contributed by atoms with Gasteiger partial charge in [0.05, 0.1) is 17.9 Å². The van der Waals surface area contributed by atoms with E-state index >= 15 is 0 Å². The quantitative estimate of drug-likeness (QED) is 0.798. The number of nitrogens with zero attached hydrogens (tertiary/aromatic N) is 3. The fourth-order valence-corrected chi connectivity index (χ4v) is 2.52. The molecule has 1 heterocycles. The smallest absolute Gasteiger partial charge is 0.321 e. The summed E-state index contributed by atoms with van der Waals surface area (Å²) in [4.78, 5) is 14.0. The van der Waals surface area contributed by atoms with Gasteiger partial charge in [-0.3, -0.25) is 4.68 Å². The van der Waals surface area contributed by atoms with Crippen LogP contribution >= 0.6 is 0 Å². The number of hydrogen-bond acceptors (Lipinski definition) is 2. The van der Waals surface area contributed by atoms with Crippen LogP contribution in [0.1, 0.15) is 12.6 Å². The Balaban J connectivity index is 1.72. The molecule has 5 nitrogen and oxygen atoms in total. The second-order valence-electron chi connectivity index (χ2n) is 5.48. The van der Waals surface area contributed by atoms with Crippen LogP contribution in [0.4, 0.5) is 10.5 Å². The molecule has 23 heavy (non-hydrogen) atoms. The lowest BCUT2D eigenvalue weighted by molar-refractivity contribution is 0.220. The van der Waals surface area contributed by atoms with Crippen molar-refractivity contribution >= 4 is 22.5 Å². The maximum atomic E-state index is 12.4. The summed E-state index contributed by atoms with van der Waals surface area (Å²) in [6.07, 6.45) is 1.92. The molecule has 118 valence electrons. The average Bonchev–Trinajstić information content (AvgIpc) is 3.02. The molecule has 5 heteroatoms. The zero-order valence-electron chi connectivity index (χ0n) is 13.4. The number of fused-ring (bicyclic) bond motifs is 1. The molecule has 0 bridgehead atoms. The van der Waals surface area contributed by atoms with Gasteiger partial charge in [0.1, 0.15) is 0 Å². The highest BCUT2D eigenvalue weighted by Crippen LogP contribution is 2.23. The minimum Gasteiger partial charge on any atom is -0.322 e. The third-order valence-electron chi connectivity index (χ3n) is 3.80. The minimum atomic E-state index is -0.146. The van der Waals surface area contributed by atoms with Gasteiger partial charge in [0.2, 0.25) is 0 Å². The van der Waals surface area contributed by atoms with Gasteiger partial charge in [-0.15, -0.1) is 0 Å². The van der Waals surface area contributed by atoms with Crippen molar-refractivity contribution in [1.29, 1.82) is 0 Å². The van der Waals surface area contributed by atoms with Crippen LogP contribution in [0.25, 0.3) is 10.8 Å². The standard InChI is InChI=1S/C18H20N4O/c1-3-22-12-11-15(20-22)13-21(2)18(23)19-17-10-6-8-14-7-4-5-9-16(14)17/h4-12H,3,13H2,1-2H3,(H,19,23). The van der Waals surface area contributed by atoms with E-state index in [9.17, 15) is 4.79 Å². The molecule has 0 aliphatic carbocycles. The summed E-state index contributed by atoms with van der Waals surface area (Å²) in [5, 5.41) is 9.52. The van der Waals surface area contributed by atoms with Crippen molar-refractivity contribution in [3.63, 3.8) is 0 Å². The molecule has 0 unspecified atom stereocenters. The summed E-state index contributed by atoms with van der Waals surface area (Å²) in [6.45, 7) is 3.34. The molecule has 0 fully saturated rings. The second-order valence-corrected chi connectivity index (χ2v) is 5.48. The van der Waals surface area contributed by atoms with Gasteiger partial charge in [0.25, 0.3) is 0 Å². The zero-order valence-corrected chi connectivity index (χ0v) is 13.4. The van der Waals surface area contributed by atoms with Crippen molar-refractivity contribution in [3.05, 3.63) is 60.4 Å². The highest BCUT2D eigenvalue weighted by atomic mass is 16.2. The summed E-state index contributed by atoms with van der Waals surface area (Å²) in [5.41, 5.74) is 1.70. The molecule has 0 saturated heterocycles. The molecule has 0 atom stereocenters. The number of aryl methyl sites for hydroxylation is 1. The molecule has 0 aliphatic rings. The number of anilines is 1. The summed E-state index contributed by atoms with van der Waals surface area (Å²) in [5.74, 6) is 0. The number of benzene rings is 2. The number of carbonyl (C=O) groups excluding carboxylic acids is 1.